The maximum Gasteiger partial charge on any atom is 0.247 e. The van der Waals surface area contributed by atoms with E-state index in [2.05, 4.69) is 15.4 Å². The molecule has 5 rings (SSSR count). The summed E-state index contributed by atoms with van der Waals surface area (Å²) in [7, 11) is -3.88. The zero-order chi connectivity index (χ0) is 30.6. The number of nitrogens with one attached hydrogen (secondary N) is 3. The average molecular weight is 635 g/mol. The molecule has 12 heteroatoms. The third-order valence-electron chi connectivity index (χ3n) is 7.48. The predicted molar refractivity (Wildman–Crippen MR) is 160 cm³/mol. The van der Waals surface area contributed by atoms with Gasteiger partial charge in [0, 0.05) is 39.2 Å². The number of hydrogen-bond donors (Lipinski definition) is 3. The number of halogens is 3. The van der Waals surface area contributed by atoms with Crippen LogP contribution in [0.25, 0.3) is 0 Å². The van der Waals surface area contributed by atoms with Gasteiger partial charge in [-0.1, -0.05) is 35.3 Å². The number of aryl methyl sites for hydroxylation is 1. The highest BCUT2D eigenvalue weighted by molar-refractivity contribution is 7.89. The maximum atomic E-state index is 14.7. The predicted octanol–water partition coefficient (Wildman–Crippen LogP) is 5.73. The first-order chi connectivity index (χ1) is 19.6. The summed E-state index contributed by atoms with van der Waals surface area (Å²) < 4.78 is 48.6. The van der Waals surface area contributed by atoms with Gasteiger partial charge in [0.25, 0.3) is 0 Å². The molecule has 2 amide bonds. The topological polar surface area (TPSA) is 114 Å². The molecule has 0 saturated carbocycles. The lowest BCUT2D eigenvalue weighted by Gasteiger charge is -2.47. The summed E-state index contributed by atoms with van der Waals surface area (Å²) in [5.74, 6) is -2.82. The van der Waals surface area contributed by atoms with E-state index >= 15 is 0 Å². The summed E-state index contributed by atoms with van der Waals surface area (Å²) >= 11 is 12.7. The lowest BCUT2D eigenvalue weighted by molar-refractivity contribution is -0.131. The van der Waals surface area contributed by atoms with Crippen LogP contribution in [-0.2, 0) is 25.0 Å². The van der Waals surface area contributed by atoms with Crippen LogP contribution in [-0.4, -0.2) is 31.7 Å². The lowest BCUT2D eigenvalue weighted by atomic mass is 9.59. The van der Waals surface area contributed by atoms with Gasteiger partial charge >= 0.3 is 0 Å². The molecule has 8 nitrogen and oxygen atoms in total. The molecule has 1 fully saturated rings. The normalized spacial score (nSPS) is 22.1. The van der Waals surface area contributed by atoms with E-state index in [0.29, 0.717) is 38.0 Å². The Bertz CT molecular complexity index is 1710. The minimum absolute atomic E-state index is 0.141. The van der Waals surface area contributed by atoms with Crippen molar-refractivity contribution < 1.29 is 27.1 Å². The second-order valence-electron chi connectivity index (χ2n) is 11.7. The molecule has 0 unspecified atom stereocenters. The Labute approximate surface area is 254 Å². The van der Waals surface area contributed by atoms with E-state index in [-0.39, 0.29) is 18.1 Å². The highest BCUT2D eigenvalue weighted by Gasteiger charge is 2.62. The smallest absolute Gasteiger partial charge is 0.247 e. The van der Waals surface area contributed by atoms with Crippen LogP contribution < -0.4 is 20.1 Å². The molecule has 1 saturated heterocycles. The average Bonchev–Trinajstić information content (AvgIpc) is 3.15. The Hall–Kier alpha value is -3.18. The van der Waals surface area contributed by atoms with Gasteiger partial charge in [0.15, 0.2) is 0 Å². The van der Waals surface area contributed by atoms with Crippen molar-refractivity contribution in [2.24, 2.45) is 0 Å². The van der Waals surface area contributed by atoms with E-state index in [0.717, 1.165) is 0 Å². The highest BCUT2D eigenvalue weighted by Crippen LogP contribution is 2.59. The molecule has 3 N–H and O–H groups in total. The molecular formula is C30H30Cl2FN3O5S. The third-order valence-corrected chi connectivity index (χ3v) is 9.30. The van der Waals surface area contributed by atoms with Crippen molar-refractivity contribution in [1.82, 2.24) is 10.0 Å². The van der Waals surface area contributed by atoms with E-state index in [1.165, 1.54) is 24.3 Å². The van der Waals surface area contributed by atoms with Gasteiger partial charge in [-0.05, 0) is 86.8 Å². The molecule has 222 valence electrons. The Morgan fingerprint density at radius 3 is 2.43 bits per heavy atom. The molecule has 0 radical (unpaired) electrons. The number of ether oxygens (including phenoxy) is 1. The van der Waals surface area contributed by atoms with Crippen LogP contribution in [0.4, 0.5) is 10.1 Å². The fourth-order valence-electron chi connectivity index (χ4n) is 6.00. The summed E-state index contributed by atoms with van der Waals surface area (Å²) in [5, 5.41) is 6.56. The monoisotopic (exact) mass is 633 g/mol. The van der Waals surface area contributed by atoms with Gasteiger partial charge in [-0.2, -0.15) is 0 Å². The van der Waals surface area contributed by atoms with Crippen molar-refractivity contribution in [2.75, 3.05) is 11.3 Å². The van der Waals surface area contributed by atoms with Crippen molar-refractivity contribution in [3.8, 4) is 5.75 Å². The Morgan fingerprint density at radius 1 is 1.02 bits per heavy atom. The second-order valence-corrected chi connectivity index (χ2v) is 14.2. The van der Waals surface area contributed by atoms with Crippen LogP contribution in [0.5, 0.6) is 5.75 Å². The van der Waals surface area contributed by atoms with Crippen molar-refractivity contribution in [1.29, 1.82) is 0 Å². The molecule has 2 aliphatic heterocycles. The number of benzene rings is 3. The molecule has 42 heavy (non-hydrogen) atoms. The van der Waals surface area contributed by atoms with Crippen molar-refractivity contribution >= 4 is 50.7 Å². The van der Waals surface area contributed by atoms with Crippen LogP contribution in [0.1, 0.15) is 61.4 Å². The molecular weight excluding hydrogens is 604 g/mol. The molecule has 3 aromatic carbocycles. The number of piperidine rings is 1. The standard InChI is InChI=1S/C30H30Cl2FN3O5S/c1-16-5-8-19(33)13-20(16)27-30(22-9-6-18(32)12-24(22)34-28(30)38)23(14-26(37)35-27)21-11-17(31)7-10-25(21)41-15-42(39,40)36-29(2,3)4/h5-13,23,27,36H,14-15H2,1-4H3,(H,34,38)(H,35,37)/t23-,27+,30-/m1/s1. The quantitative estimate of drug-likeness (QED) is 0.321. The van der Waals surface area contributed by atoms with Crippen LogP contribution in [0.15, 0.2) is 54.6 Å². The lowest BCUT2D eigenvalue weighted by Crippen LogP contribution is -2.57. The van der Waals surface area contributed by atoms with Crippen molar-refractivity contribution in [3.63, 3.8) is 0 Å². The summed E-state index contributed by atoms with van der Waals surface area (Å²) in [5.41, 5.74) is 0.210. The number of anilines is 1. The number of carbonyl (C=O) groups is 2. The molecule has 0 bridgehead atoms. The van der Waals surface area contributed by atoms with Gasteiger partial charge in [-0.15, -0.1) is 0 Å². The van der Waals surface area contributed by atoms with E-state index < -0.39 is 50.6 Å². The summed E-state index contributed by atoms with van der Waals surface area (Å²) in [4.78, 5) is 27.7. The maximum absolute atomic E-state index is 14.7. The number of fused-ring (bicyclic) bond motifs is 2. The van der Waals surface area contributed by atoms with Crippen LogP contribution in [0, 0.1) is 12.7 Å². The van der Waals surface area contributed by atoms with Crippen molar-refractivity contribution in [3.05, 3.63) is 92.7 Å². The summed E-state index contributed by atoms with van der Waals surface area (Å²) in [6.07, 6.45) is -0.163. The van der Waals surface area contributed by atoms with Gasteiger partial charge in [0.05, 0.1) is 6.04 Å². The first kappa shape index (κ1) is 30.3. The van der Waals surface area contributed by atoms with E-state index in [4.69, 9.17) is 27.9 Å². The summed E-state index contributed by atoms with van der Waals surface area (Å²) in [6.45, 7) is 6.90. The molecule has 3 aromatic rings. The van der Waals surface area contributed by atoms with Gasteiger partial charge in [-0.25, -0.2) is 17.5 Å². The Balaban J connectivity index is 1.72. The zero-order valence-corrected chi connectivity index (χ0v) is 25.7. The zero-order valence-electron chi connectivity index (χ0n) is 23.3. The molecule has 2 heterocycles. The largest absolute Gasteiger partial charge is 0.476 e. The van der Waals surface area contributed by atoms with E-state index in [1.807, 2.05) is 0 Å². The highest BCUT2D eigenvalue weighted by atomic mass is 35.5. The fourth-order valence-corrected chi connectivity index (χ4v) is 7.63. The Morgan fingerprint density at radius 2 is 1.71 bits per heavy atom. The number of sulfonamides is 1. The van der Waals surface area contributed by atoms with Gasteiger partial charge in [0.2, 0.25) is 27.8 Å². The fraction of sp³-hybridized carbons (Fsp3) is 0.333. The van der Waals surface area contributed by atoms with Gasteiger partial charge in [0.1, 0.15) is 17.0 Å². The van der Waals surface area contributed by atoms with Crippen LogP contribution in [0.2, 0.25) is 10.0 Å². The van der Waals surface area contributed by atoms with Crippen LogP contribution in [0.3, 0.4) is 0 Å². The minimum atomic E-state index is -3.88. The first-order valence-corrected chi connectivity index (χ1v) is 15.6. The number of hydrogen-bond acceptors (Lipinski definition) is 5. The van der Waals surface area contributed by atoms with Crippen LogP contribution >= 0.6 is 23.2 Å². The molecule has 1 spiro atoms. The number of rotatable bonds is 6. The van der Waals surface area contributed by atoms with Crippen molar-refractivity contribution in [2.45, 2.75) is 57.0 Å². The number of carbonyl (C=O) groups excluding carboxylic acids is 2. The first-order valence-electron chi connectivity index (χ1n) is 13.2. The summed E-state index contributed by atoms with van der Waals surface area (Å²) in [6, 6.07) is 12.8. The third kappa shape index (κ3) is 5.60. The SMILES string of the molecule is Cc1ccc(F)cc1[C@@H]1NC(=O)C[C@H](c2cc(Cl)ccc2OCS(=O)(=O)NC(C)(C)C)[C@@]12C(=O)Nc1cc(Cl)ccc12. The molecule has 2 aliphatic rings. The Kier molecular flexibility index (Phi) is 7.81. The van der Waals surface area contributed by atoms with E-state index in [1.54, 1.807) is 58.0 Å². The van der Waals surface area contributed by atoms with Gasteiger partial charge < -0.3 is 15.4 Å². The minimum Gasteiger partial charge on any atom is -0.476 e. The van der Waals surface area contributed by atoms with Gasteiger partial charge in [-0.3, -0.25) is 9.59 Å². The molecule has 0 aliphatic carbocycles. The van der Waals surface area contributed by atoms with E-state index in [9.17, 15) is 22.4 Å². The second kappa shape index (κ2) is 10.8. The molecule has 0 aromatic heterocycles. The molecule has 3 atom stereocenters. The number of amides is 2.